The molecule has 9 heteroatoms. The van der Waals surface area contributed by atoms with Gasteiger partial charge in [0.1, 0.15) is 11.5 Å². The van der Waals surface area contributed by atoms with Crippen molar-refractivity contribution in [1.82, 2.24) is 0 Å². The Morgan fingerprint density at radius 3 is 2.35 bits per heavy atom. The van der Waals surface area contributed by atoms with E-state index in [1.165, 1.54) is 36.4 Å². The first-order chi connectivity index (χ1) is 16.4. The summed E-state index contributed by atoms with van der Waals surface area (Å²) in [6.07, 6.45) is 1.60. The van der Waals surface area contributed by atoms with Crippen LogP contribution < -0.4 is 14.5 Å². The molecule has 1 aliphatic heterocycles. The summed E-state index contributed by atoms with van der Waals surface area (Å²) >= 11 is 0. The summed E-state index contributed by atoms with van der Waals surface area (Å²) in [5.74, 6) is -0.0502. The highest BCUT2D eigenvalue weighted by Crippen LogP contribution is 2.29. The van der Waals surface area contributed by atoms with Crippen LogP contribution in [0.5, 0.6) is 11.5 Å². The normalized spacial score (nSPS) is 14.2. The van der Waals surface area contributed by atoms with Gasteiger partial charge in [-0.25, -0.2) is 4.79 Å². The third kappa shape index (κ3) is 4.53. The molecular weight excluding hydrogens is 438 g/mol. The molecule has 3 aromatic carbocycles. The van der Waals surface area contributed by atoms with Crippen molar-refractivity contribution in [3.05, 3.63) is 99.6 Å². The molecule has 4 rings (SSSR count). The molecule has 0 unspecified atom stereocenters. The van der Waals surface area contributed by atoms with Gasteiger partial charge in [-0.05, 0) is 55.5 Å². The number of esters is 1. The van der Waals surface area contributed by atoms with Gasteiger partial charge in [-0.15, -0.1) is 0 Å². The van der Waals surface area contributed by atoms with Gasteiger partial charge >= 0.3 is 5.97 Å². The molecule has 1 amide bonds. The van der Waals surface area contributed by atoms with E-state index >= 15 is 0 Å². The Labute approximate surface area is 194 Å². The highest BCUT2D eigenvalue weighted by molar-refractivity contribution is 6.32. The second kappa shape index (κ2) is 9.37. The standard InChI is InChI=1S/C25H19N3O6/c1-16-22(24(29)27(26-16)19-9-11-20(12-10-19)28(31)32)15-18-5-3-4-6-23(18)34-25(30)17-7-13-21(33-2)14-8-17/h3-15H,1-2H3. The second-order valence-corrected chi connectivity index (χ2v) is 7.29. The number of methoxy groups -OCH3 is 1. The molecule has 0 saturated heterocycles. The predicted molar refractivity (Wildman–Crippen MR) is 126 cm³/mol. The molecule has 0 atom stereocenters. The van der Waals surface area contributed by atoms with Crippen LogP contribution in [0.3, 0.4) is 0 Å². The van der Waals surface area contributed by atoms with Gasteiger partial charge in [0, 0.05) is 17.7 Å². The maximum Gasteiger partial charge on any atom is 0.343 e. The molecule has 0 bridgehead atoms. The number of hydrazone groups is 1. The molecule has 0 fully saturated rings. The number of nitrogens with zero attached hydrogens (tertiary/aromatic N) is 3. The van der Waals surface area contributed by atoms with Crippen LogP contribution in [0.4, 0.5) is 11.4 Å². The molecular formula is C25H19N3O6. The number of ether oxygens (including phenoxy) is 2. The Kier molecular flexibility index (Phi) is 6.18. The minimum absolute atomic E-state index is 0.0838. The molecule has 0 aromatic heterocycles. The largest absolute Gasteiger partial charge is 0.497 e. The van der Waals surface area contributed by atoms with Crippen molar-refractivity contribution in [1.29, 1.82) is 0 Å². The smallest absolute Gasteiger partial charge is 0.343 e. The van der Waals surface area contributed by atoms with E-state index in [-0.39, 0.29) is 11.4 Å². The number of para-hydroxylation sites is 1. The summed E-state index contributed by atoms with van der Waals surface area (Å²) in [6, 6.07) is 18.9. The molecule has 0 aliphatic carbocycles. The van der Waals surface area contributed by atoms with E-state index in [0.717, 1.165) is 0 Å². The number of rotatable bonds is 6. The zero-order valence-corrected chi connectivity index (χ0v) is 18.3. The second-order valence-electron chi connectivity index (χ2n) is 7.29. The number of anilines is 1. The molecule has 1 aliphatic rings. The summed E-state index contributed by atoms with van der Waals surface area (Å²) in [6.45, 7) is 1.68. The topological polar surface area (TPSA) is 111 Å². The van der Waals surface area contributed by atoms with E-state index in [1.807, 2.05) is 0 Å². The first-order valence-corrected chi connectivity index (χ1v) is 10.2. The molecule has 0 saturated carbocycles. The Hall–Kier alpha value is -4.79. The Balaban J connectivity index is 1.58. The Morgan fingerprint density at radius 1 is 1.03 bits per heavy atom. The van der Waals surface area contributed by atoms with Gasteiger partial charge in [-0.3, -0.25) is 14.9 Å². The molecule has 170 valence electrons. The summed E-state index contributed by atoms with van der Waals surface area (Å²) in [7, 11) is 1.54. The molecule has 0 radical (unpaired) electrons. The molecule has 9 nitrogen and oxygen atoms in total. The molecule has 0 N–H and O–H groups in total. The lowest BCUT2D eigenvalue weighted by Gasteiger charge is -2.11. The fourth-order valence-electron chi connectivity index (χ4n) is 3.31. The van der Waals surface area contributed by atoms with Crippen molar-refractivity contribution in [3.8, 4) is 11.5 Å². The fourth-order valence-corrected chi connectivity index (χ4v) is 3.31. The third-order valence-corrected chi connectivity index (χ3v) is 5.11. The highest BCUT2D eigenvalue weighted by Gasteiger charge is 2.29. The fraction of sp³-hybridized carbons (Fsp3) is 0.0800. The lowest BCUT2D eigenvalue weighted by atomic mass is 10.1. The van der Waals surface area contributed by atoms with Gasteiger partial charge in [0.25, 0.3) is 11.6 Å². The van der Waals surface area contributed by atoms with Crippen LogP contribution in [0, 0.1) is 10.1 Å². The maximum atomic E-state index is 13.0. The molecule has 0 spiro atoms. The van der Waals surface area contributed by atoms with E-state index in [4.69, 9.17) is 9.47 Å². The maximum absolute atomic E-state index is 13.0. The van der Waals surface area contributed by atoms with Crippen LogP contribution in [0.15, 0.2) is 83.5 Å². The van der Waals surface area contributed by atoms with Crippen LogP contribution in [0.2, 0.25) is 0 Å². The van der Waals surface area contributed by atoms with Crippen molar-refractivity contribution >= 4 is 35.0 Å². The third-order valence-electron chi connectivity index (χ3n) is 5.11. The van der Waals surface area contributed by atoms with Crippen LogP contribution >= 0.6 is 0 Å². The van der Waals surface area contributed by atoms with E-state index < -0.39 is 16.8 Å². The Bertz CT molecular complexity index is 1330. The molecule has 1 heterocycles. The van der Waals surface area contributed by atoms with Crippen LogP contribution in [0.1, 0.15) is 22.8 Å². The first-order valence-electron chi connectivity index (χ1n) is 10.2. The quantitative estimate of drug-likeness (QED) is 0.175. The number of non-ortho nitro benzene ring substituents is 1. The lowest BCUT2D eigenvalue weighted by Crippen LogP contribution is -2.21. The van der Waals surface area contributed by atoms with Gasteiger partial charge in [-0.2, -0.15) is 10.1 Å². The zero-order chi connectivity index (χ0) is 24.2. The Morgan fingerprint density at radius 2 is 1.71 bits per heavy atom. The predicted octanol–water partition coefficient (Wildman–Crippen LogP) is 4.63. The number of carbonyl (C=O) groups excluding carboxylic acids is 2. The number of nitro benzene ring substituents is 1. The van der Waals surface area contributed by atoms with Crippen molar-refractivity contribution in [2.45, 2.75) is 6.92 Å². The average molecular weight is 457 g/mol. The monoisotopic (exact) mass is 457 g/mol. The first kappa shape index (κ1) is 22.4. The molecule has 34 heavy (non-hydrogen) atoms. The van der Waals surface area contributed by atoms with Gasteiger partial charge in [0.15, 0.2) is 0 Å². The highest BCUT2D eigenvalue weighted by atomic mass is 16.6. The van der Waals surface area contributed by atoms with Crippen molar-refractivity contribution in [2.75, 3.05) is 12.1 Å². The average Bonchev–Trinajstić information content (AvgIpc) is 3.13. The van der Waals surface area contributed by atoms with Gasteiger partial charge in [-0.1, -0.05) is 18.2 Å². The van der Waals surface area contributed by atoms with Gasteiger partial charge in [0.05, 0.1) is 34.6 Å². The summed E-state index contributed by atoms with van der Waals surface area (Å²) in [5, 5.41) is 16.3. The summed E-state index contributed by atoms with van der Waals surface area (Å²) in [4.78, 5) is 36.0. The van der Waals surface area contributed by atoms with E-state index in [1.54, 1.807) is 61.5 Å². The number of nitro groups is 1. The summed E-state index contributed by atoms with van der Waals surface area (Å²) < 4.78 is 10.7. The SMILES string of the molecule is COc1ccc(C(=O)Oc2ccccc2C=C2C(=O)N(c3ccc([N+](=O)[O-])cc3)N=C2C)cc1. The lowest BCUT2D eigenvalue weighted by molar-refractivity contribution is -0.384. The van der Waals surface area contributed by atoms with Crippen molar-refractivity contribution in [3.63, 3.8) is 0 Å². The number of hydrogen-bond acceptors (Lipinski definition) is 7. The van der Waals surface area contributed by atoms with Gasteiger partial charge in [0.2, 0.25) is 0 Å². The minimum Gasteiger partial charge on any atom is -0.497 e. The van der Waals surface area contributed by atoms with E-state index in [2.05, 4.69) is 5.10 Å². The number of carbonyl (C=O) groups is 2. The minimum atomic E-state index is -0.552. The van der Waals surface area contributed by atoms with E-state index in [0.29, 0.717) is 33.8 Å². The van der Waals surface area contributed by atoms with Crippen molar-refractivity contribution < 1.29 is 24.0 Å². The van der Waals surface area contributed by atoms with Crippen molar-refractivity contribution in [2.24, 2.45) is 5.10 Å². The number of benzene rings is 3. The van der Waals surface area contributed by atoms with E-state index in [9.17, 15) is 19.7 Å². The van der Waals surface area contributed by atoms with Crippen LogP contribution in [-0.4, -0.2) is 29.6 Å². The van der Waals surface area contributed by atoms with Gasteiger partial charge < -0.3 is 9.47 Å². The molecule has 3 aromatic rings. The van der Waals surface area contributed by atoms with Crippen LogP contribution in [0.25, 0.3) is 6.08 Å². The number of amides is 1. The summed E-state index contributed by atoms with van der Waals surface area (Å²) in [5.41, 5.74) is 1.96. The zero-order valence-electron chi connectivity index (χ0n) is 18.3. The number of hydrogen-bond donors (Lipinski definition) is 0. The van der Waals surface area contributed by atoms with Crippen LogP contribution in [-0.2, 0) is 4.79 Å².